The highest BCUT2D eigenvalue weighted by Crippen LogP contribution is 2.28. The lowest BCUT2D eigenvalue weighted by Crippen LogP contribution is -2.45. The third-order valence-corrected chi connectivity index (χ3v) is 4.31. The maximum atomic E-state index is 6.12. The molecule has 1 aromatic heterocycles. The number of aromatic nitrogens is 2. The smallest absolute Gasteiger partial charge is 0.138 e. The van der Waals surface area contributed by atoms with Crippen molar-refractivity contribution in [1.29, 1.82) is 0 Å². The molecule has 2 N–H and O–H groups in total. The lowest BCUT2D eigenvalue weighted by atomic mass is 9.95. The van der Waals surface area contributed by atoms with E-state index in [1.165, 1.54) is 19.4 Å². The van der Waals surface area contributed by atoms with Crippen molar-refractivity contribution in [2.45, 2.75) is 52.0 Å². The van der Waals surface area contributed by atoms with E-state index in [1.54, 1.807) is 0 Å². The molecule has 0 aliphatic carbocycles. The van der Waals surface area contributed by atoms with Gasteiger partial charge in [0.2, 0.25) is 0 Å². The zero-order valence-corrected chi connectivity index (χ0v) is 14.3. The van der Waals surface area contributed by atoms with Crippen LogP contribution in [0, 0.1) is 6.92 Å². The van der Waals surface area contributed by atoms with Gasteiger partial charge in [-0.15, -0.1) is 0 Å². The van der Waals surface area contributed by atoms with Crippen LogP contribution >= 0.6 is 0 Å². The summed E-state index contributed by atoms with van der Waals surface area (Å²) in [6.45, 7) is 10.6. The minimum atomic E-state index is -0.0965. The number of piperidine rings is 1. The Labute approximate surface area is 128 Å². The Morgan fingerprint density at radius 1 is 1.29 bits per heavy atom. The van der Waals surface area contributed by atoms with Crippen LogP contribution < -0.4 is 10.6 Å². The van der Waals surface area contributed by atoms with Crippen LogP contribution in [0.5, 0.6) is 0 Å². The van der Waals surface area contributed by atoms with E-state index in [1.807, 2.05) is 6.92 Å². The predicted octanol–water partition coefficient (Wildman–Crippen LogP) is 2.20. The van der Waals surface area contributed by atoms with Gasteiger partial charge in [0.15, 0.2) is 0 Å². The van der Waals surface area contributed by atoms with E-state index < -0.39 is 0 Å². The Morgan fingerprint density at radius 3 is 2.52 bits per heavy atom. The molecule has 1 aliphatic rings. The van der Waals surface area contributed by atoms with Crippen LogP contribution in [0.1, 0.15) is 45.0 Å². The lowest BCUT2D eigenvalue weighted by molar-refractivity contribution is 0.247. The minimum absolute atomic E-state index is 0.0965. The average Bonchev–Trinajstić information content (AvgIpc) is 2.39. The van der Waals surface area contributed by atoms with Gasteiger partial charge in [0.25, 0.3) is 0 Å². The second-order valence-corrected chi connectivity index (χ2v) is 7.30. The van der Waals surface area contributed by atoms with Crippen molar-refractivity contribution in [3.8, 4) is 0 Å². The van der Waals surface area contributed by atoms with E-state index in [-0.39, 0.29) is 5.41 Å². The highest BCUT2D eigenvalue weighted by molar-refractivity contribution is 5.57. The van der Waals surface area contributed by atoms with Gasteiger partial charge in [-0.1, -0.05) is 20.8 Å². The average molecular weight is 291 g/mol. The van der Waals surface area contributed by atoms with E-state index in [2.05, 4.69) is 49.7 Å². The molecule has 2 rings (SSSR count). The van der Waals surface area contributed by atoms with E-state index >= 15 is 0 Å². The van der Waals surface area contributed by atoms with Gasteiger partial charge in [-0.2, -0.15) is 0 Å². The lowest BCUT2D eigenvalue weighted by Gasteiger charge is -2.37. The summed E-state index contributed by atoms with van der Waals surface area (Å²) in [6, 6.07) is 0.490. The number of nitrogen functional groups attached to an aromatic ring is 1. The highest BCUT2D eigenvalue weighted by atomic mass is 15.3. The zero-order valence-electron chi connectivity index (χ0n) is 14.3. The van der Waals surface area contributed by atoms with Gasteiger partial charge in [-0.25, -0.2) is 9.97 Å². The maximum absolute atomic E-state index is 6.12. The van der Waals surface area contributed by atoms with Crippen LogP contribution in [0.4, 0.5) is 11.6 Å². The number of hydrogen-bond acceptors (Lipinski definition) is 5. The first-order chi connectivity index (χ1) is 9.70. The van der Waals surface area contributed by atoms with Gasteiger partial charge in [-0.05, 0) is 33.4 Å². The Morgan fingerprint density at radius 2 is 1.95 bits per heavy atom. The Kier molecular flexibility index (Phi) is 4.42. The van der Waals surface area contributed by atoms with Crippen molar-refractivity contribution in [1.82, 2.24) is 14.9 Å². The molecule has 0 spiro atoms. The summed E-state index contributed by atoms with van der Waals surface area (Å²) >= 11 is 0. The molecule has 1 fully saturated rings. The van der Waals surface area contributed by atoms with Gasteiger partial charge in [0.05, 0.1) is 0 Å². The molecule has 5 nitrogen and oxygen atoms in total. The molecule has 0 aromatic carbocycles. The molecule has 1 saturated heterocycles. The molecule has 1 unspecified atom stereocenters. The van der Waals surface area contributed by atoms with Crippen molar-refractivity contribution < 1.29 is 0 Å². The van der Waals surface area contributed by atoms with Crippen molar-refractivity contribution >= 4 is 11.6 Å². The molecule has 0 bridgehead atoms. The predicted molar refractivity (Wildman–Crippen MR) is 88.8 cm³/mol. The number of nitrogens with two attached hydrogens (primary N) is 1. The fraction of sp³-hybridized carbons (Fsp3) is 0.750. The summed E-state index contributed by atoms with van der Waals surface area (Å²) in [4.78, 5) is 14.0. The summed E-state index contributed by atoms with van der Waals surface area (Å²) in [7, 11) is 4.31. The number of likely N-dealkylation sites (tertiary alicyclic amines) is 1. The van der Waals surface area contributed by atoms with Crippen molar-refractivity contribution in [2.75, 3.05) is 37.8 Å². The standard InChI is InChI=1S/C16H29N5/c1-11-13(17)18-15(16(2,3)4)19-14(11)21(6)12-8-7-9-20(5)10-12/h12H,7-10H2,1-6H3,(H2,17,18,19). The van der Waals surface area contributed by atoms with Crippen molar-refractivity contribution in [2.24, 2.45) is 0 Å². The molecule has 1 aliphatic heterocycles. The normalized spacial score (nSPS) is 20.6. The van der Waals surface area contributed by atoms with Crippen LogP contribution in [0.15, 0.2) is 0 Å². The molecule has 0 radical (unpaired) electrons. The van der Waals surface area contributed by atoms with Crippen LogP contribution in [-0.4, -0.2) is 48.1 Å². The minimum Gasteiger partial charge on any atom is -0.383 e. The Bertz CT molecular complexity index is 506. The zero-order chi connectivity index (χ0) is 15.8. The number of anilines is 2. The van der Waals surface area contributed by atoms with E-state index in [4.69, 9.17) is 10.7 Å². The SMILES string of the molecule is Cc1c(N)nc(C(C)(C)C)nc1N(C)C1CCCN(C)C1. The first-order valence-electron chi connectivity index (χ1n) is 7.76. The fourth-order valence-electron chi connectivity index (χ4n) is 2.83. The van der Waals surface area contributed by atoms with Crippen LogP contribution in [0.25, 0.3) is 0 Å². The molecule has 5 heteroatoms. The third-order valence-electron chi connectivity index (χ3n) is 4.31. The second kappa shape index (κ2) is 5.79. The van der Waals surface area contributed by atoms with Crippen LogP contribution in [0.2, 0.25) is 0 Å². The third kappa shape index (κ3) is 3.46. The number of nitrogens with zero attached hydrogens (tertiary/aromatic N) is 4. The molecule has 118 valence electrons. The van der Waals surface area contributed by atoms with Gasteiger partial charge in [0.1, 0.15) is 17.5 Å². The van der Waals surface area contributed by atoms with Crippen LogP contribution in [0.3, 0.4) is 0 Å². The van der Waals surface area contributed by atoms with Gasteiger partial charge < -0.3 is 15.5 Å². The molecule has 1 aromatic rings. The number of hydrogen-bond donors (Lipinski definition) is 1. The fourth-order valence-corrected chi connectivity index (χ4v) is 2.83. The quantitative estimate of drug-likeness (QED) is 0.905. The molecule has 0 saturated carbocycles. The van der Waals surface area contributed by atoms with Crippen molar-refractivity contribution in [3.63, 3.8) is 0 Å². The summed E-state index contributed by atoms with van der Waals surface area (Å²) in [5.41, 5.74) is 7.01. The molecular weight excluding hydrogens is 262 g/mol. The van der Waals surface area contributed by atoms with Crippen LogP contribution in [-0.2, 0) is 5.41 Å². The molecule has 1 atom stereocenters. The number of rotatable bonds is 2. The van der Waals surface area contributed by atoms with Gasteiger partial charge in [0, 0.05) is 30.6 Å². The summed E-state index contributed by atoms with van der Waals surface area (Å²) in [5, 5.41) is 0. The monoisotopic (exact) mass is 291 g/mol. The first-order valence-corrected chi connectivity index (χ1v) is 7.76. The summed E-state index contributed by atoms with van der Waals surface area (Å²) in [5.74, 6) is 2.39. The molecule has 2 heterocycles. The molecular formula is C16H29N5. The van der Waals surface area contributed by atoms with E-state index in [0.29, 0.717) is 11.9 Å². The van der Waals surface area contributed by atoms with Gasteiger partial charge >= 0.3 is 0 Å². The number of likely N-dealkylation sites (N-methyl/N-ethyl adjacent to an activating group) is 2. The molecule has 0 amide bonds. The first kappa shape index (κ1) is 16.0. The Hall–Kier alpha value is -1.36. The van der Waals surface area contributed by atoms with Crippen molar-refractivity contribution in [3.05, 3.63) is 11.4 Å². The second-order valence-electron chi connectivity index (χ2n) is 7.30. The topological polar surface area (TPSA) is 58.3 Å². The Balaban J connectivity index is 2.35. The van der Waals surface area contributed by atoms with E-state index in [0.717, 1.165) is 23.8 Å². The summed E-state index contributed by atoms with van der Waals surface area (Å²) < 4.78 is 0. The van der Waals surface area contributed by atoms with E-state index in [9.17, 15) is 0 Å². The maximum Gasteiger partial charge on any atom is 0.138 e. The highest BCUT2D eigenvalue weighted by Gasteiger charge is 2.26. The van der Waals surface area contributed by atoms with Gasteiger partial charge in [-0.3, -0.25) is 0 Å². The molecule has 21 heavy (non-hydrogen) atoms. The summed E-state index contributed by atoms with van der Waals surface area (Å²) in [6.07, 6.45) is 2.44. The largest absolute Gasteiger partial charge is 0.383 e.